The second-order valence-corrected chi connectivity index (χ2v) is 7.54. The number of hydrogen-bond donors (Lipinski definition) is 0. The first-order valence-corrected chi connectivity index (χ1v) is 11.1. The van der Waals surface area contributed by atoms with Crippen molar-refractivity contribution in [3.8, 4) is 0 Å². The molecular weight excluding hydrogens is 288 g/mol. The third-order valence-corrected chi connectivity index (χ3v) is 4.90. The highest BCUT2D eigenvalue weighted by Crippen LogP contribution is 2.14. The Morgan fingerprint density at radius 1 is 0.542 bits per heavy atom. The van der Waals surface area contributed by atoms with Gasteiger partial charge >= 0.3 is 0 Å². The van der Waals surface area contributed by atoms with Gasteiger partial charge in [0.25, 0.3) is 0 Å². The molecule has 0 aromatic rings. The van der Waals surface area contributed by atoms with Crippen LogP contribution in [0.1, 0.15) is 129 Å². The van der Waals surface area contributed by atoms with Gasteiger partial charge in [-0.25, -0.2) is 0 Å². The summed E-state index contributed by atoms with van der Waals surface area (Å²) in [7, 11) is 0. The fourth-order valence-electron chi connectivity index (χ4n) is 3.28. The third-order valence-electron chi connectivity index (χ3n) is 4.90. The molecule has 0 amide bonds. The molecule has 0 aromatic heterocycles. The molecule has 0 radical (unpaired) electrons. The van der Waals surface area contributed by atoms with E-state index in [1.807, 2.05) is 0 Å². The van der Waals surface area contributed by atoms with Crippen LogP contribution in [0.15, 0.2) is 24.3 Å². The van der Waals surface area contributed by atoms with Crippen LogP contribution in [0.3, 0.4) is 0 Å². The lowest BCUT2D eigenvalue weighted by atomic mass is 10.0. The maximum atomic E-state index is 4.15. The molecule has 0 heterocycles. The molecule has 0 atom stereocenters. The molecule has 0 N–H and O–H groups in total. The smallest absolute Gasteiger partial charge is 0.0323 e. The highest BCUT2D eigenvalue weighted by Gasteiger charge is 1.94. The summed E-state index contributed by atoms with van der Waals surface area (Å²) in [5.74, 6) is 0. The molecule has 0 aliphatic heterocycles. The van der Waals surface area contributed by atoms with Crippen LogP contribution in [0.25, 0.3) is 0 Å². The summed E-state index contributed by atoms with van der Waals surface area (Å²) in [6.07, 6.45) is 29.5. The van der Waals surface area contributed by atoms with Crippen LogP contribution in [0.4, 0.5) is 0 Å². The largest absolute Gasteiger partial charge is 0.0999 e. The van der Waals surface area contributed by atoms with E-state index in [0.29, 0.717) is 0 Å². The van der Waals surface area contributed by atoms with E-state index >= 15 is 0 Å². The van der Waals surface area contributed by atoms with Gasteiger partial charge in [0.05, 0.1) is 0 Å². The van der Waals surface area contributed by atoms with E-state index in [-0.39, 0.29) is 0 Å². The molecule has 24 heavy (non-hydrogen) atoms. The number of rotatable bonds is 19. The first-order chi connectivity index (χ1) is 11.8. The molecule has 0 aromatic carbocycles. The van der Waals surface area contributed by atoms with Crippen LogP contribution in [0.5, 0.6) is 0 Å². The van der Waals surface area contributed by atoms with Gasteiger partial charge in [-0.2, -0.15) is 0 Å². The predicted octanol–water partition coefficient (Wildman–Crippen LogP) is 9.16. The molecule has 0 saturated carbocycles. The van der Waals surface area contributed by atoms with Crippen LogP contribution in [0.2, 0.25) is 0 Å². The Morgan fingerprint density at radius 3 is 1.50 bits per heavy atom. The second kappa shape index (κ2) is 20.5. The zero-order valence-electron chi connectivity index (χ0n) is 17.1. The van der Waals surface area contributed by atoms with Crippen molar-refractivity contribution in [2.45, 2.75) is 129 Å². The Morgan fingerprint density at radius 2 is 1.00 bits per heavy atom. The molecule has 0 saturated heterocycles. The summed E-state index contributed by atoms with van der Waals surface area (Å²) in [6.45, 7) is 8.68. The second-order valence-electron chi connectivity index (χ2n) is 7.54. The van der Waals surface area contributed by atoms with Crippen molar-refractivity contribution in [1.29, 1.82) is 0 Å². The maximum absolute atomic E-state index is 4.15. The average molecular weight is 335 g/mol. The molecule has 0 aliphatic rings. The molecule has 0 aliphatic carbocycles. The highest BCUT2D eigenvalue weighted by atomic mass is 14.0. The van der Waals surface area contributed by atoms with Gasteiger partial charge in [0.15, 0.2) is 0 Å². The van der Waals surface area contributed by atoms with Crippen molar-refractivity contribution < 1.29 is 0 Å². The van der Waals surface area contributed by atoms with Crippen molar-refractivity contribution in [2.24, 2.45) is 0 Å². The lowest BCUT2D eigenvalue weighted by Crippen LogP contribution is -1.83. The summed E-state index contributed by atoms with van der Waals surface area (Å²) in [6, 6.07) is 0. The van der Waals surface area contributed by atoms with E-state index in [0.717, 1.165) is 0 Å². The molecule has 0 unspecified atom stereocenters. The Kier molecular flexibility index (Phi) is 20.1. The fraction of sp³-hybridized carbons (Fsp3) is 0.833. The molecule has 0 fully saturated rings. The molecule has 0 spiro atoms. The maximum Gasteiger partial charge on any atom is -0.0323 e. The van der Waals surface area contributed by atoms with E-state index in [4.69, 9.17) is 0 Å². The zero-order chi connectivity index (χ0) is 17.7. The van der Waals surface area contributed by atoms with Crippen LogP contribution < -0.4 is 0 Å². The van der Waals surface area contributed by atoms with E-state index < -0.39 is 0 Å². The van der Waals surface area contributed by atoms with Gasteiger partial charge in [-0.3, -0.25) is 0 Å². The van der Waals surface area contributed by atoms with Crippen LogP contribution in [0, 0.1) is 0 Å². The summed E-state index contributed by atoms with van der Waals surface area (Å²) < 4.78 is 0. The van der Waals surface area contributed by atoms with Gasteiger partial charge in [-0.1, -0.05) is 109 Å². The summed E-state index contributed by atoms with van der Waals surface area (Å²) in [4.78, 5) is 0. The standard InChI is InChI=1S/C24H46/c1-4-6-7-8-9-10-11-12-13-14-15-16-17-18-19-20-21-23-24(3)22-5-2/h14-15H,3-13,16-23H2,1-2H3. The van der Waals surface area contributed by atoms with E-state index in [9.17, 15) is 0 Å². The molecule has 0 nitrogen and oxygen atoms in total. The highest BCUT2D eigenvalue weighted by molar-refractivity contribution is 4.92. The summed E-state index contributed by atoms with van der Waals surface area (Å²) in [5, 5.41) is 0. The van der Waals surface area contributed by atoms with Gasteiger partial charge in [0.2, 0.25) is 0 Å². The first kappa shape index (κ1) is 23.5. The zero-order valence-corrected chi connectivity index (χ0v) is 17.1. The molecular formula is C24H46. The summed E-state index contributed by atoms with van der Waals surface area (Å²) in [5.41, 5.74) is 1.46. The van der Waals surface area contributed by atoms with Crippen molar-refractivity contribution in [1.82, 2.24) is 0 Å². The van der Waals surface area contributed by atoms with Gasteiger partial charge in [-0.15, -0.1) is 0 Å². The molecule has 142 valence electrons. The minimum absolute atomic E-state index is 1.23. The average Bonchev–Trinajstić information content (AvgIpc) is 2.58. The van der Waals surface area contributed by atoms with E-state index in [1.165, 1.54) is 121 Å². The van der Waals surface area contributed by atoms with Crippen molar-refractivity contribution in [3.63, 3.8) is 0 Å². The van der Waals surface area contributed by atoms with E-state index in [2.05, 4.69) is 32.6 Å². The van der Waals surface area contributed by atoms with Crippen molar-refractivity contribution in [3.05, 3.63) is 24.3 Å². The van der Waals surface area contributed by atoms with Crippen molar-refractivity contribution in [2.75, 3.05) is 0 Å². The van der Waals surface area contributed by atoms with Gasteiger partial charge < -0.3 is 0 Å². The topological polar surface area (TPSA) is 0 Å². The predicted molar refractivity (Wildman–Crippen MR) is 113 cm³/mol. The normalized spacial score (nSPS) is 11.4. The van der Waals surface area contributed by atoms with Gasteiger partial charge in [-0.05, 0) is 44.9 Å². The lowest BCUT2D eigenvalue weighted by Gasteiger charge is -2.03. The first-order valence-electron chi connectivity index (χ1n) is 11.1. The lowest BCUT2D eigenvalue weighted by molar-refractivity contribution is 0.577. The fourth-order valence-corrected chi connectivity index (χ4v) is 3.28. The van der Waals surface area contributed by atoms with E-state index in [1.54, 1.807) is 0 Å². The van der Waals surface area contributed by atoms with Crippen LogP contribution in [-0.2, 0) is 0 Å². The molecule has 0 bridgehead atoms. The minimum Gasteiger partial charge on any atom is -0.0999 e. The van der Waals surface area contributed by atoms with Crippen LogP contribution >= 0.6 is 0 Å². The number of allylic oxidation sites excluding steroid dienone is 3. The SMILES string of the molecule is C=C(CCC)CCCCCCCC=CCCCCCCCCCC. The number of hydrogen-bond acceptors (Lipinski definition) is 0. The Balaban J connectivity index is 3.12. The third kappa shape index (κ3) is 19.5. The molecule has 0 heteroatoms. The molecule has 0 rings (SSSR count). The van der Waals surface area contributed by atoms with Crippen LogP contribution in [-0.4, -0.2) is 0 Å². The summed E-state index contributed by atoms with van der Waals surface area (Å²) >= 11 is 0. The Labute approximate surface area is 154 Å². The van der Waals surface area contributed by atoms with Gasteiger partial charge in [0, 0.05) is 0 Å². The van der Waals surface area contributed by atoms with Crippen molar-refractivity contribution >= 4 is 0 Å². The number of unbranched alkanes of at least 4 members (excludes halogenated alkanes) is 13. The Hall–Kier alpha value is -0.520. The Bertz CT molecular complexity index is 274. The monoisotopic (exact) mass is 334 g/mol. The van der Waals surface area contributed by atoms with Gasteiger partial charge in [0.1, 0.15) is 0 Å². The minimum atomic E-state index is 1.23. The quantitative estimate of drug-likeness (QED) is 0.163.